The number of nitrogens with two attached hydrogens (primary N) is 1. The Morgan fingerprint density at radius 2 is 1.46 bits per heavy atom. The molecular formula is C20H39NO3. The van der Waals surface area contributed by atoms with Gasteiger partial charge in [0.2, 0.25) is 0 Å². The predicted octanol–water partition coefficient (Wildman–Crippen LogP) is 4.74. The maximum absolute atomic E-state index is 11.1. The number of esters is 1. The first-order chi connectivity index (χ1) is 11.6. The molecule has 1 aliphatic rings. The van der Waals surface area contributed by atoms with Crippen LogP contribution in [0.5, 0.6) is 0 Å². The van der Waals surface area contributed by atoms with Crippen LogP contribution < -0.4 is 5.73 Å². The van der Waals surface area contributed by atoms with Crippen LogP contribution in [-0.2, 0) is 14.3 Å². The van der Waals surface area contributed by atoms with Gasteiger partial charge in [0.05, 0.1) is 18.8 Å². The molecule has 0 unspecified atom stereocenters. The maximum atomic E-state index is 11.1. The molecule has 24 heavy (non-hydrogen) atoms. The van der Waals surface area contributed by atoms with Crippen molar-refractivity contribution in [3.63, 3.8) is 0 Å². The van der Waals surface area contributed by atoms with Crippen LogP contribution in [0.15, 0.2) is 0 Å². The molecule has 2 N–H and O–H groups in total. The normalized spacial score (nSPS) is 23.5. The van der Waals surface area contributed by atoms with Gasteiger partial charge in [-0.2, -0.15) is 0 Å². The van der Waals surface area contributed by atoms with E-state index in [4.69, 9.17) is 15.2 Å². The Hall–Kier alpha value is -0.610. The third kappa shape index (κ3) is 9.63. The zero-order chi connectivity index (χ0) is 17.6. The number of hydrogen-bond acceptors (Lipinski definition) is 4. The molecule has 0 amide bonds. The van der Waals surface area contributed by atoms with E-state index in [0.717, 1.165) is 12.8 Å². The highest BCUT2D eigenvalue weighted by molar-refractivity contribution is 5.66. The third-order valence-corrected chi connectivity index (χ3v) is 4.94. The monoisotopic (exact) mass is 341 g/mol. The second kappa shape index (κ2) is 13.7. The van der Waals surface area contributed by atoms with Gasteiger partial charge >= 0.3 is 5.97 Å². The second-order valence-corrected chi connectivity index (χ2v) is 7.29. The van der Waals surface area contributed by atoms with E-state index in [0.29, 0.717) is 6.61 Å². The highest BCUT2D eigenvalue weighted by Crippen LogP contribution is 2.22. The van der Waals surface area contributed by atoms with Crippen molar-refractivity contribution in [3.8, 4) is 0 Å². The van der Waals surface area contributed by atoms with Gasteiger partial charge in [0.1, 0.15) is 6.10 Å². The van der Waals surface area contributed by atoms with Crippen LogP contribution in [0, 0.1) is 0 Å². The summed E-state index contributed by atoms with van der Waals surface area (Å²) in [6.07, 6.45) is 16.8. The number of ether oxygens (including phenoxy) is 2. The average Bonchev–Trinajstić information content (AvgIpc) is 2.88. The lowest BCUT2D eigenvalue weighted by atomic mass is 10.0. The van der Waals surface area contributed by atoms with E-state index in [9.17, 15) is 4.79 Å². The van der Waals surface area contributed by atoms with Gasteiger partial charge in [0.25, 0.3) is 0 Å². The summed E-state index contributed by atoms with van der Waals surface area (Å²) < 4.78 is 11.0. The molecule has 1 saturated heterocycles. The van der Waals surface area contributed by atoms with E-state index in [1.165, 1.54) is 77.6 Å². The van der Waals surface area contributed by atoms with Crippen LogP contribution in [0.3, 0.4) is 0 Å². The van der Waals surface area contributed by atoms with E-state index in [2.05, 4.69) is 6.92 Å². The molecule has 0 radical (unpaired) electrons. The van der Waals surface area contributed by atoms with E-state index in [-0.39, 0.29) is 24.2 Å². The average molecular weight is 342 g/mol. The fourth-order valence-corrected chi connectivity index (χ4v) is 3.49. The Labute approximate surface area is 148 Å². The molecular weight excluding hydrogens is 302 g/mol. The van der Waals surface area contributed by atoms with Crippen LogP contribution in [0.1, 0.15) is 97.3 Å². The molecule has 1 fully saturated rings. The van der Waals surface area contributed by atoms with E-state index < -0.39 is 0 Å². The SMILES string of the molecule is CCCCCCCCCCCCCC[C@@H]1OC[C@H](N)[C@@H]1OC(C)=O. The molecule has 0 spiro atoms. The lowest BCUT2D eigenvalue weighted by molar-refractivity contribution is -0.149. The van der Waals surface area contributed by atoms with Crippen molar-refractivity contribution in [2.75, 3.05) is 6.61 Å². The standard InChI is InChI=1S/C20H39NO3/c1-3-4-5-6-7-8-9-10-11-12-13-14-15-19-20(24-17(2)22)18(21)16-23-19/h18-20H,3-16,21H2,1-2H3/t18-,19-,20-/m0/s1. The third-order valence-electron chi connectivity index (χ3n) is 4.94. The van der Waals surface area contributed by atoms with Gasteiger partial charge in [-0.25, -0.2) is 0 Å². The van der Waals surface area contributed by atoms with Gasteiger partial charge in [-0.15, -0.1) is 0 Å². The minimum Gasteiger partial charge on any atom is -0.458 e. The summed E-state index contributed by atoms with van der Waals surface area (Å²) in [6, 6.07) is -0.170. The molecule has 0 aromatic carbocycles. The highest BCUT2D eigenvalue weighted by atomic mass is 16.6. The first-order valence-electron chi connectivity index (χ1n) is 10.2. The summed E-state index contributed by atoms with van der Waals surface area (Å²) in [5.41, 5.74) is 5.95. The van der Waals surface area contributed by atoms with Gasteiger partial charge < -0.3 is 15.2 Å². The lowest BCUT2D eigenvalue weighted by Crippen LogP contribution is -2.40. The zero-order valence-corrected chi connectivity index (χ0v) is 15.9. The van der Waals surface area contributed by atoms with E-state index in [1.807, 2.05) is 0 Å². The van der Waals surface area contributed by atoms with Crippen molar-refractivity contribution >= 4 is 5.97 Å². The molecule has 4 nitrogen and oxygen atoms in total. The summed E-state index contributed by atoms with van der Waals surface area (Å²) in [5, 5.41) is 0. The Bertz CT molecular complexity index is 322. The summed E-state index contributed by atoms with van der Waals surface area (Å²) in [7, 11) is 0. The lowest BCUT2D eigenvalue weighted by Gasteiger charge is -2.20. The molecule has 1 aliphatic heterocycles. The van der Waals surface area contributed by atoms with Crippen molar-refractivity contribution in [2.24, 2.45) is 5.73 Å². The number of carbonyl (C=O) groups excluding carboxylic acids is 1. The summed E-state index contributed by atoms with van der Waals surface area (Å²) in [4.78, 5) is 11.1. The highest BCUT2D eigenvalue weighted by Gasteiger charge is 2.36. The fraction of sp³-hybridized carbons (Fsp3) is 0.950. The van der Waals surface area contributed by atoms with Gasteiger partial charge in [-0.05, 0) is 6.42 Å². The van der Waals surface area contributed by atoms with Gasteiger partial charge in [0, 0.05) is 6.92 Å². The Balaban J connectivity index is 1.92. The molecule has 1 heterocycles. The fourth-order valence-electron chi connectivity index (χ4n) is 3.49. The minimum atomic E-state index is -0.263. The van der Waals surface area contributed by atoms with Gasteiger partial charge in [-0.3, -0.25) is 4.79 Å². The smallest absolute Gasteiger partial charge is 0.303 e. The number of unbranched alkanes of at least 4 members (excludes halogenated alkanes) is 11. The number of hydrogen-bond donors (Lipinski definition) is 1. The van der Waals surface area contributed by atoms with Crippen LogP contribution in [0.4, 0.5) is 0 Å². The quantitative estimate of drug-likeness (QED) is 0.366. The molecule has 0 aromatic rings. The van der Waals surface area contributed by atoms with Crippen LogP contribution >= 0.6 is 0 Å². The maximum Gasteiger partial charge on any atom is 0.303 e. The van der Waals surface area contributed by atoms with E-state index in [1.54, 1.807) is 0 Å². The molecule has 0 aliphatic carbocycles. The van der Waals surface area contributed by atoms with Crippen LogP contribution in [-0.4, -0.2) is 30.8 Å². The Kier molecular flexibility index (Phi) is 12.2. The van der Waals surface area contributed by atoms with Gasteiger partial charge in [-0.1, -0.05) is 84.0 Å². The predicted molar refractivity (Wildman–Crippen MR) is 99.0 cm³/mol. The number of rotatable bonds is 14. The van der Waals surface area contributed by atoms with Crippen molar-refractivity contribution in [1.82, 2.24) is 0 Å². The number of carbonyl (C=O) groups is 1. The molecule has 142 valence electrons. The van der Waals surface area contributed by atoms with Crippen LogP contribution in [0.2, 0.25) is 0 Å². The Morgan fingerprint density at radius 1 is 0.958 bits per heavy atom. The topological polar surface area (TPSA) is 61.6 Å². The van der Waals surface area contributed by atoms with Crippen molar-refractivity contribution in [2.45, 2.75) is 116 Å². The molecule has 0 bridgehead atoms. The molecule has 4 heteroatoms. The zero-order valence-electron chi connectivity index (χ0n) is 15.9. The first-order valence-corrected chi connectivity index (χ1v) is 10.2. The largest absolute Gasteiger partial charge is 0.458 e. The summed E-state index contributed by atoms with van der Waals surface area (Å²) in [5.74, 6) is -0.263. The van der Waals surface area contributed by atoms with Crippen molar-refractivity contribution in [3.05, 3.63) is 0 Å². The molecule has 1 rings (SSSR count). The van der Waals surface area contributed by atoms with Crippen molar-refractivity contribution in [1.29, 1.82) is 0 Å². The second-order valence-electron chi connectivity index (χ2n) is 7.29. The van der Waals surface area contributed by atoms with E-state index >= 15 is 0 Å². The van der Waals surface area contributed by atoms with Crippen LogP contribution in [0.25, 0.3) is 0 Å². The first kappa shape index (κ1) is 21.4. The summed E-state index contributed by atoms with van der Waals surface area (Å²) in [6.45, 7) is 4.20. The Morgan fingerprint density at radius 3 is 1.96 bits per heavy atom. The molecule has 0 aromatic heterocycles. The molecule has 3 atom stereocenters. The van der Waals surface area contributed by atoms with Crippen molar-refractivity contribution < 1.29 is 14.3 Å². The minimum absolute atomic E-state index is 0.00739. The molecule has 0 saturated carbocycles. The van der Waals surface area contributed by atoms with Gasteiger partial charge in [0.15, 0.2) is 0 Å². The summed E-state index contributed by atoms with van der Waals surface area (Å²) >= 11 is 0.